The molecular weight excluding hydrogens is 463 g/mol. The third-order valence-corrected chi connectivity index (χ3v) is 6.14. The second-order valence-corrected chi connectivity index (χ2v) is 8.86. The number of methoxy groups -OCH3 is 1. The normalized spacial score (nSPS) is 13.6. The van der Waals surface area contributed by atoms with E-state index in [0.717, 1.165) is 16.6 Å². The maximum absolute atomic E-state index is 14.8. The summed E-state index contributed by atoms with van der Waals surface area (Å²) in [5.74, 6) is -0.559. The highest BCUT2D eigenvalue weighted by molar-refractivity contribution is 5.95. The van der Waals surface area contributed by atoms with E-state index in [-0.39, 0.29) is 23.7 Å². The predicted octanol–water partition coefficient (Wildman–Crippen LogP) is 3.05. The molecule has 9 nitrogen and oxygen atoms in total. The number of anilines is 1. The number of carbonyl (C=O) groups excluding carboxylic acids is 1. The van der Waals surface area contributed by atoms with Crippen LogP contribution in [0.15, 0.2) is 53.5 Å². The zero-order valence-electron chi connectivity index (χ0n) is 19.9. The van der Waals surface area contributed by atoms with E-state index < -0.39 is 11.7 Å². The molecule has 2 aromatic heterocycles. The number of hydrogen-bond acceptors (Lipinski definition) is 7. The van der Waals surface area contributed by atoms with Crippen LogP contribution in [0.5, 0.6) is 0 Å². The van der Waals surface area contributed by atoms with Crippen LogP contribution in [0.25, 0.3) is 10.8 Å². The van der Waals surface area contributed by atoms with Crippen LogP contribution in [-0.4, -0.2) is 50.7 Å². The van der Waals surface area contributed by atoms with Crippen LogP contribution >= 0.6 is 0 Å². The number of halogens is 1. The van der Waals surface area contributed by atoms with Crippen LogP contribution in [0.4, 0.5) is 10.3 Å². The molecule has 184 valence electrons. The first kappa shape index (κ1) is 23.6. The van der Waals surface area contributed by atoms with E-state index in [2.05, 4.69) is 25.5 Å². The summed E-state index contributed by atoms with van der Waals surface area (Å²) in [6.45, 7) is 3.03. The van der Waals surface area contributed by atoms with Crippen molar-refractivity contribution in [3.8, 4) is 0 Å². The molecule has 0 aliphatic carbocycles. The molecule has 0 bridgehead atoms. The lowest BCUT2D eigenvalue weighted by atomic mass is 10.0. The van der Waals surface area contributed by atoms with E-state index >= 15 is 0 Å². The van der Waals surface area contributed by atoms with Gasteiger partial charge in [-0.1, -0.05) is 24.3 Å². The van der Waals surface area contributed by atoms with Gasteiger partial charge in [0.25, 0.3) is 11.5 Å². The predicted molar refractivity (Wildman–Crippen MR) is 132 cm³/mol. The van der Waals surface area contributed by atoms with Gasteiger partial charge in [0.1, 0.15) is 5.82 Å². The molecule has 2 aromatic carbocycles. The van der Waals surface area contributed by atoms with Gasteiger partial charge in [-0.2, -0.15) is 5.10 Å². The average Bonchev–Trinajstić information content (AvgIpc) is 3.30. The fourth-order valence-corrected chi connectivity index (χ4v) is 4.39. The largest absolute Gasteiger partial charge is 0.383 e. The molecule has 0 unspecified atom stereocenters. The molecule has 3 heterocycles. The summed E-state index contributed by atoms with van der Waals surface area (Å²) in [7, 11) is 1.62. The van der Waals surface area contributed by atoms with Crippen LogP contribution in [0, 0.1) is 5.82 Å². The molecule has 1 amide bonds. The smallest absolute Gasteiger partial charge is 0.272 e. The molecule has 0 spiro atoms. The van der Waals surface area contributed by atoms with E-state index in [1.54, 1.807) is 42.5 Å². The Balaban J connectivity index is 1.36. The molecule has 0 radical (unpaired) electrons. The van der Waals surface area contributed by atoms with Crippen molar-refractivity contribution in [3.05, 3.63) is 92.9 Å². The summed E-state index contributed by atoms with van der Waals surface area (Å²) in [4.78, 5) is 35.8. The molecule has 0 fully saturated rings. The van der Waals surface area contributed by atoms with Gasteiger partial charge in [-0.25, -0.2) is 19.5 Å². The highest BCUT2D eigenvalue weighted by atomic mass is 19.1. The van der Waals surface area contributed by atoms with Crippen molar-refractivity contribution in [2.75, 3.05) is 19.0 Å². The molecule has 5 rings (SSSR count). The van der Waals surface area contributed by atoms with Crippen LogP contribution in [0.1, 0.15) is 39.8 Å². The number of hydrogen-bond donors (Lipinski definition) is 2. The highest BCUT2D eigenvalue weighted by Crippen LogP contribution is 2.25. The van der Waals surface area contributed by atoms with Crippen LogP contribution < -0.4 is 10.9 Å². The minimum atomic E-state index is -0.596. The number of nitrogens with zero attached hydrogens (tertiary/aromatic N) is 4. The molecule has 4 aromatic rings. The maximum Gasteiger partial charge on any atom is 0.272 e. The van der Waals surface area contributed by atoms with Gasteiger partial charge in [0, 0.05) is 43.3 Å². The van der Waals surface area contributed by atoms with Gasteiger partial charge in [-0.15, -0.1) is 0 Å². The first-order valence-corrected chi connectivity index (χ1v) is 11.6. The Bertz CT molecular complexity index is 1510. The Hall–Kier alpha value is -4.18. The van der Waals surface area contributed by atoms with Gasteiger partial charge in [0.05, 0.1) is 35.5 Å². The van der Waals surface area contributed by atoms with Crippen LogP contribution in [-0.2, 0) is 24.2 Å². The van der Waals surface area contributed by atoms with Crippen molar-refractivity contribution in [3.63, 3.8) is 0 Å². The Morgan fingerprint density at radius 3 is 2.83 bits per heavy atom. The third kappa shape index (κ3) is 4.67. The van der Waals surface area contributed by atoms with E-state index in [0.29, 0.717) is 42.2 Å². The molecule has 0 saturated heterocycles. The molecular formula is C26H25FN6O3. The molecule has 36 heavy (non-hydrogen) atoms. The Kier molecular flexibility index (Phi) is 6.43. The number of fused-ring (bicyclic) bond motifs is 2. The Morgan fingerprint density at radius 1 is 1.22 bits per heavy atom. The monoisotopic (exact) mass is 488 g/mol. The number of nitrogens with one attached hydrogen (secondary N) is 2. The van der Waals surface area contributed by atoms with E-state index in [1.807, 2.05) is 19.1 Å². The van der Waals surface area contributed by atoms with Crippen molar-refractivity contribution >= 4 is 22.6 Å². The fraction of sp³-hybridized carbons (Fsp3) is 0.269. The first-order valence-electron chi connectivity index (χ1n) is 11.6. The van der Waals surface area contributed by atoms with Gasteiger partial charge in [0.2, 0.25) is 5.95 Å². The van der Waals surface area contributed by atoms with Gasteiger partial charge in [-0.3, -0.25) is 9.59 Å². The maximum atomic E-state index is 14.8. The number of amides is 1. The summed E-state index contributed by atoms with van der Waals surface area (Å²) in [6, 6.07) is 11.7. The lowest BCUT2D eigenvalue weighted by Crippen LogP contribution is -2.26. The lowest BCUT2D eigenvalue weighted by Gasteiger charge is -2.16. The molecule has 10 heteroatoms. The van der Waals surface area contributed by atoms with Crippen LogP contribution in [0.2, 0.25) is 0 Å². The summed E-state index contributed by atoms with van der Waals surface area (Å²) < 4.78 is 19.9. The zero-order valence-corrected chi connectivity index (χ0v) is 19.9. The van der Waals surface area contributed by atoms with Crippen molar-refractivity contribution in [2.45, 2.75) is 32.5 Å². The Morgan fingerprint density at radius 2 is 2.03 bits per heavy atom. The quantitative estimate of drug-likeness (QED) is 0.411. The van der Waals surface area contributed by atoms with E-state index in [4.69, 9.17) is 4.74 Å². The van der Waals surface area contributed by atoms with Crippen molar-refractivity contribution in [1.82, 2.24) is 25.1 Å². The second-order valence-electron chi connectivity index (χ2n) is 8.86. The minimum absolute atomic E-state index is 0.0194. The fourth-order valence-electron chi connectivity index (χ4n) is 4.39. The summed E-state index contributed by atoms with van der Waals surface area (Å²) in [5.41, 5.74) is 2.61. The van der Waals surface area contributed by atoms with Crippen molar-refractivity contribution in [2.24, 2.45) is 0 Å². The second kappa shape index (κ2) is 9.82. The van der Waals surface area contributed by atoms with Gasteiger partial charge in [-0.05, 0) is 30.7 Å². The number of rotatable bonds is 7. The third-order valence-electron chi connectivity index (χ3n) is 6.14. The Labute approximate surface area is 206 Å². The lowest BCUT2D eigenvalue weighted by molar-refractivity contribution is 0.0745. The number of aromatic amines is 1. The van der Waals surface area contributed by atoms with Gasteiger partial charge < -0.3 is 15.0 Å². The first-order chi connectivity index (χ1) is 17.4. The zero-order chi connectivity index (χ0) is 25.2. The molecule has 1 aliphatic heterocycles. The highest BCUT2D eigenvalue weighted by Gasteiger charge is 2.28. The average molecular weight is 489 g/mol. The molecule has 0 saturated carbocycles. The SMILES string of the molecule is COC[C@H](C)Nc1ncc2c(n1)CN(C(=O)c1cc(Cc3n[nH]c(=O)c4ccccc34)ccc1F)C2. The number of benzene rings is 2. The summed E-state index contributed by atoms with van der Waals surface area (Å²) in [6.07, 6.45) is 2.02. The molecule has 2 N–H and O–H groups in total. The van der Waals surface area contributed by atoms with Gasteiger partial charge in [0.15, 0.2) is 0 Å². The number of aromatic nitrogens is 4. The molecule has 1 aliphatic rings. The van der Waals surface area contributed by atoms with E-state index in [9.17, 15) is 14.0 Å². The number of carbonyl (C=O) groups is 1. The van der Waals surface area contributed by atoms with Crippen molar-refractivity contribution in [1.29, 1.82) is 0 Å². The number of H-pyrrole nitrogens is 1. The van der Waals surface area contributed by atoms with Crippen LogP contribution in [0.3, 0.4) is 0 Å². The molecule has 1 atom stereocenters. The van der Waals surface area contributed by atoms with Crippen molar-refractivity contribution < 1.29 is 13.9 Å². The minimum Gasteiger partial charge on any atom is -0.383 e. The van der Waals surface area contributed by atoms with E-state index in [1.165, 1.54) is 6.07 Å². The van der Waals surface area contributed by atoms with Gasteiger partial charge >= 0.3 is 0 Å². The summed E-state index contributed by atoms with van der Waals surface area (Å²) in [5, 5.41) is 11.1. The topological polar surface area (TPSA) is 113 Å². The summed E-state index contributed by atoms with van der Waals surface area (Å²) >= 11 is 0. The standard InChI is InChI=1S/C26H25FN6O3/c1-15(14-36-2)29-26-28-11-17-12-33(13-23(17)30-26)25(35)20-9-16(7-8-21(20)27)10-22-18-5-3-4-6-19(18)24(34)32-31-22/h3-9,11,15H,10,12-14H2,1-2H3,(H,32,34)(H,28,29,30)/t15-/m0/s1. The number of ether oxygens (including phenoxy) is 1.